The van der Waals surface area contributed by atoms with Crippen molar-refractivity contribution in [2.75, 3.05) is 5.32 Å². The van der Waals surface area contributed by atoms with Crippen LogP contribution < -0.4 is 5.32 Å². The van der Waals surface area contributed by atoms with E-state index in [1.807, 2.05) is 12.2 Å². The van der Waals surface area contributed by atoms with Gasteiger partial charge in [-0.05, 0) is 25.0 Å². The molecule has 84 valence electrons. The number of nitrogens with one attached hydrogen (secondary N) is 1. The molecule has 0 spiro atoms. The van der Waals surface area contributed by atoms with Crippen LogP contribution in [0.3, 0.4) is 0 Å². The van der Waals surface area contributed by atoms with Crippen molar-refractivity contribution in [3.8, 4) is 5.75 Å². The Labute approximate surface area is 92.6 Å². The molecule has 1 aromatic rings. The summed E-state index contributed by atoms with van der Waals surface area (Å²) in [6, 6.07) is 3.67. The van der Waals surface area contributed by atoms with Crippen LogP contribution in [-0.2, 0) is 4.79 Å². The molecular weight excluding hydrogens is 209 g/mol. The van der Waals surface area contributed by atoms with Gasteiger partial charge in [0.05, 0.1) is 5.69 Å². The number of halogens is 1. The maximum atomic E-state index is 13.3. The quantitative estimate of drug-likeness (QED) is 0.595. The fourth-order valence-electron chi connectivity index (χ4n) is 1.67. The predicted molar refractivity (Wildman–Crippen MR) is 58.6 cm³/mol. The van der Waals surface area contributed by atoms with E-state index in [0.717, 1.165) is 6.07 Å². The van der Waals surface area contributed by atoms with Gasteiger partial charge in [0.15, 0.2) is 0 Å². The van der Waals surface area contributed by atoms with Gasteiger partial charge >= 0.3 is 0 Å². The Morgan fingerprint density at radius 1 is 1.38 bits per heavy atom. The van der Waals surface area contributed by atoms with E-state index in [1.165, 1.54) is 12.1 Å². The van der Waals surface area contributed by atoms with E-state index in [2.05, 4.69) is 5.32 Å². The molecule has 1 aliphatic rings. The highest BCUT2D eigenvalue weighted by atomic mass is 19.1. The van der Waals surface area contributed by atoms with Crippen LogP contribution in [0.25, 0.3) is 0 Å². The van der Waals surface area contributed by atoms with Gasteiger partial charge < -0.3 is 10.4 Å². The minimum Gasteiger partial charge on any atom is -0.508 e. The molecule has 0 atom stereocenters. The van der Waals surface area contributed by atoms with E-state index < -0.39 is 5.82 Å². The average Bonchev–Trinajstić information content (AvgIpc) is 2.75. The molecule has 0 saturated carbocycles. The number of aromatic hydroxyl groups is 1. The van der Waals surface area contributed by atoms with Crippen LogP contribution >= 0.6 is 0 Å². The lowest BCUT2D eigenvalue weighted by atomic mass is 10.1. The first-order valence-corrected chi connectivity index (χ1v) is 5.11. The molecule has 4 heteroatoms. The van der Waals surface area contributed by atoms with Gasteiger partial charge in [-0.2, -0.15) is 0 Å². The summed E-state index contributed by atoms with van der Waals surface area (Å²) in [4.78, 5) is 11.7. The van der Waals surface area contributed by atoms with E-state index in [-0.39, 0.29) is 23.3 Å². The zero-order chi connectivity index (χ0) is 11.5. The number of anilines is 1. The number of rotatable bonds is 2. The molecule has 0 fully saturated rings. The fourth-order valence-corrected chi connectivity index (χ4v) is 1.67. The van der Waals surface area contributed by atoms with Crippen LogP contribution in [-0.4, -0.2) is 11.0 Å². The first-order chi connectivity index (χ1) is 7.66. The summed E-state index contributed by atoms with van der Waals surface area (Å²) in [6.45, 7) is 0. The number of hydrogen-bond donors (Lipinski definition) is 2. The Morgan fingerprint density at radius 3 is 2.69 bits per heavy atom. The lowest BCUT2D eigenvalue weighted by Gasteiger charge is -2.11. The molecule has 0 bridgehead atoms. The van der Waals surface area contributed by atoms with E-state index in [1.54, 1.807) is 0 Å². The summed E-state index contributed by atoms with van der Waals surface area (Å²) < 4.78 is 13.3. The average molecular weight is 221 g/mol. The normalized spacial score (nSPS) is 15.3. The maximum absolute atomic E-state index is 13.3. The number of benzene rings is 1. The molecule has 1 amide bonds. The Hall–Kier alpha value is -1.84. The number of amides is 1. The van der Waals surface area contributed by atoms with E-state index in [4.69, 9.17) is 5.11 Å². The Balaban J connectivity index is 2.06. The highest BCUT2D eigenvalue weighted by Crippen LogP contribution is 2.23. The zero-order valence-electron chi connectivity index (χ0n) is 8.61. The van der Waals surface area contributed by atoms with Gasteiger partial charge in [-0.15, -0.1) is 0 Å². The SMILES string of the molecule is O=C(Nc1ccc(O)cc1F)C1CC=CC1. The third kappa shape index (κ3) is 2.21. The minimum absolute atomic E-state index is 0.104. The summed E-state index contributed by atoms with van der Waals surface area (Å²) in [6.07, 6.45) is 5.28. The molecule has 0 heterocycles. The Morgan fingerprint density at radius 2 is 2.06 bits per heavy atom. The van der Waals surface area contributed by atoms with E-state index >= 15 is 0 Å². The number of phenolic OH excluding ortho intramolecular Hbond substituents is 1. The third-order valence-electron chi connectivity index (χ3n) is 2.59. The van der Waals surface area contributed by atoms with Crippen LogP contribution in [0.15, 0.2) is 30.4 Å². The van der Waals surface area contributed by atoms with Gasteiger partial charge in [-0.25, -0.2) is 4.39 Å². The molecule has 0 aliphatic heterocycles. The molecule has 0 saturated heterocycles. The van der Waals surface area contributed by atoms with Crippen LogP contribution in [0.2, 0.25) is 0 Å². The molecule has 0 radical (unpaired) electrons. The summed E-state index contributed by atoms with van der Waals surface area (Å²) in [7, 11) is 0. The molecule has 2 N–H and O–H groups in total. The Bertz CT molecular complexity index is 435. The highest BCUT2D eigenvalue weighted by molar-refractivity contribution is 5.93. The summed E-state index contributed by atoms with van der Waals surface area (Å²) in [5.41, 5.74) is 0.106. The lowest BCUT2D eigenvalue weighted by Crippen LogP contribution is -2.21. The van der Waals surface area contributed by atoms with E-state index in [0.29, 0.717) is 12.8 Å². The topological polar surface area (TPSA) is 49.3 Å². The monoisotopic (exact) mass is 221 g/mol. The van der Waals surface area contributed by atoms with Crippen LogP contribution in [0.4, 0.5) is 10.1 Å². The number of carbonyl (C=O) groups excluding carboxylic acids is 1. The van der Waals surface area contributed by atoms with Crippen molar-refractivity contribution < 1.29 is 14.3 Å². The van der Waals surface area contributed by atoms with Crippen LogP contribution in [0, 0.1) is 11.7 Å². The van der Waals surface area contributed by atoms with Gasteiger partial charge in [0, 0.05) is 12.0 Å². The Kier molecular flexibility index (Phi) is 2.90. The van der Waals surface area contributed by atoms with Crippen molar-refractivity contribution in [1.82, 2.24) is 0 Å². The maximum Gasteiger partial charge on any atom is 0.228 e. The minimum atomic E-state index is -0.626. The largest absolute Gasteiger partial charge is 0.508 e. The molecule has 2 rings (SSSR count). The van der Waals surface area contributed by atoms with Crippen molar-refractivity contribution >= 4 is 11.6 Å². The number of carbonyl (C=O) groups is 1. The number of hydrogen-bond acceptors (Lipinski definition) is 2. The van der Waals surface area contributed by atoms with Crippen molar-refractivity contribution in [3.05, 3.63) is 36.2 Å². The number of phenols is 1. The number of allylic oxidation sites excluding steroid dienone is 2. The van der Waals surface area contributed by atoms with Gasteiger partial charge in [0.1, 0.15) is 11.6 Å². The van der Waals surface area contributed by atoms with Crippen molar-refractivity contribution in [2.45, 2.75) is 12.8 Å². The highest BCUT2D eigenvalue weighted by Gasteiger charge is 2.20. The van der Waals surface area contributed by atoms with Gasteiger partial charge in [0.25, 0.3) is 0 Å². The molecular formula is C12H12FNO2. The molecule has 1 aliphatic carbocycles. The van der Waals surface area contributed by atoms with Crippen LogP contribution in [0.5, 0.6) is 5.75 Å². The second kappa shape index (κ2) is 4.35. The van der Waals surface area contributed by atoms with Crippen LogP contribution in [0.1, 0.15) is 12.8 Å². The van der Waals surface area contributed by atoms with Gasteiger partial charge in [-0.3, -0.25) is 4.79 Å². The first-order valence-electron chi connectivity index (χ1n) is 5.11. The molecule has 16 heavy (non-hydrogen) atoms. The smallest absolute Gasteiger partial charge is 0.228 e. The molecule has 0 unspecified atom stereocenters. The standard InChI is InChI=1S/C12H12FNO2/c13-10-7-9(15)5-6-11(10)14-12(16)8-3-1-2-4-8/h1-2,5-8,15H,3-4H2,(H,14,16). The summed E-state index contributed by atoms with van der Waals surface area (Å²) in [5, 5.41) is 11.5. The first kappa shape index (κ1) is 10.7. The van der Waals surface area contributed by atoms with Crippen molar-refractivity contribution in [1.29, 1.82) is 0 Å². The second-order valence-corrected chi connectivity index (χ2v) is 3.79. The van der Waals surface area contributed by atoms with Gasteiger partial charge in [0.2, 0.25) is 5.91 Å². The van der Waals surface area contributed by atoms with Gasteiger partial charge in [-0.1, -0.05) is 12.2 Å². The van der Waals surface area contributed by atoms with Crippen molar-refractivity contribution in [2.24, 2.45) is 5.92 Å². The zero-order valence-corrected chi connectivity index (χ0v) is 8.61. The summed E-state index contributed by atoms with van der Waals surface area (Å²) >= 11 is 0. The third-order valence-corrected chi connectivity index (χ3v) is 2.59. The molecule has 0 aromatic heterocycles. The summed E-state index contributed by atoms with van der Waals surface area (Å²) in [5.74, 6) is -1.07. The lowest BCUT2D eigenvalue weighted by molar-refractivity contribution is -0.119. The van der Waals surface area contributed by atoms with E-state index in [9.17, 15) is 9.18 Å². The fraction of sp³-hybridized carbons (Fsp3) is 0.250. The predicted octanol–water partition coefficient (Wildman–Crippen LogP) is 2.44. The molecule has 1 aromatic carbocycles. The molecule has 3 nitrogen and oxygen atoms in total. The second-order valence-electron chi connectivity index (χ2n) is 3.79. The van der Waals surface area contributed by atoms with Crippen molar-refractivity contribution in [3.63, 3.8) is 0 Å².